The molecule has 5 nitrogen and oxygen atoms in total. The highest BCUT2D eigenvalue weighted by molar-refractivity contribution is 7.90. The van der Waals surface area contributed by atoms with Gasteiger partial charge in [0.05, 0.1) is 5.25 Å². The number of rotatable bonds is 6. The second-order valence-corrected chi connectivity index (χ2v) is 10.8. The van der Waals surface area contributed by atoms with E-state index >= 15 is 0 Å². The minimum absolute atomic E-state index is 0.126. The van der Waals surface area contributed by atoms with Gasteiger partial charge in [-0.15, -0.1) is 0 Å². The van der Waals surface area contributed by atoms with E-state index in [0.29, 0.717) is 32.1 Å². The van der Waals surface area contributed by atoms with Gasteiger partial charge in [-0.1, -0.05) is 34.6 Å². The molecule has 0 bridgehead atoms. The van der Waals surface area contributed by atoms with Crippen molar-refractivity contribution in [3.63, 3.8) is 0 Å². The molecule has 0 heterocycles. The third-order valence-electron chi connectivity index (χ3n) is 5.10. The summed E-state index contributed by atoms with van der Waals surface area (Å²) in [6.45, 7) is 9.65. The lowest BCUT2D eigenvalue weighted by atomic mass is 9.91. The Morgan fingerprint density at radius 2 is 1.71 bits per heavy atom. The molecular weight excluding hydrogens is 326 g/mol. The summed E-state index contributed by atoms with van der Waals surface area (Å²) in [4.78, 5) is 25.0. The third kappa shape index (κ3) is 4.19. The predicted octanol–water partition coefficient (Wildman–Crippen LogP) is 3.14. The van der Waals surface area contributed by atoms with Crippen molar-refractivity contribution in [2.45, 2.75) is 84.4 Å². The van der Waals surface area contributed by atoms with Crippen LogP contribution in [0.2, 0.25) is 0 Å². The molecule has 0 unspecified atom stereocenters. The Kier molecular flexibility index (Phi) is 5.48. The Balaban J connectivity index is 2.27. The Morgan fingerprint density at radius 3 is 2.17 bits per heavy atom. The van der Waals surface area contributed by atoms with Gasteiger partial charge in [0.2, 0.25) is 15.9 Å². The smallest absolute Gasteiger partial charge is 0.240 e. The van der Waals surface area contributed by atoms with Crippen molar-refractivity contribution in [1.29, 1.82) is 0 Å². The number of nitrogens with zero attached hydrogens (tertiary/aromatic N) is 1. The van der Waals surface area contributed by atoms with E-state index in [-0.39, 0.29) is 41.4 Å². The van der Waals surface area contributed by atoms with Crippen LogP contribution in [0.3, 0.4) is 0 Å². The number of hydrogen-bond donors (Lipinski definition) is 0. The molecule has 1 amide bonds. The Morgan fingerprint density at radius 1 is 1.12 bits per heavy atom. The molecule has 0 N–H and O–H groups in total. The largest absolute Gasteiger partial charge is 0.299 e. The van der Waals surface area contributed by atoms with Crippen LogP contribution in [0.15, 0.2) is 0 Å². The minimum Gasteiger partial charge on any atom is -0.299 e. The van der Waals surface area contributed by atoms with Crippen molar-refractivity contribution in [2.75, 3.05) is 0 Å². The first-order valence-corrected chi connectivity index (χ1v) is 10.6. The molecule has 0 aromatic rings. The number of carbonyl (C=O) groups is 2. The van der Waals surface area contributed by atoms with Crippen LogP contribution in [-0.2, 0) is 19.6 Å². The quantitative estimate of drug-likeness (QED) is 0.732. The topological polar surface area (TPSA) is 71.5 Å². The highest BCUT2D eigenvalue weighted by Crippen LogP contribution is 2.41. The second-order valence-electron chi connectivity index (χ2n) is 8.70. The van der Waals surface area contributed by atoms with Crippen LogP contribution in [0, 0.1) is 17.3 Å². The van der Waals surface area contributed by atoms with Gasteiger partial charge in [-0.05, 0) is 37.0 Å². The van der Waals surface area contributed by atoms with Crippen molar-refractivity contribution < 1.29 is 18.0 Å². The van der Waals surface area contributed by atoms with Crippen molar-refractivity contribution in [2.24, 2.45) is 17.3 Å². The predicted molar refractivity (Wildman–Crippen MR) is 93.8 cm³/mol. The monoisotopic (exact) mass is 357 g/mol. The van der Waals surface area contributed by atoms with E-state index in [4.69, 9.17) is 0 Å². The molecule has 2 rings (SSSR count). The summed E-state index contributed by atoms with van der Waals surface area (Å²) < 4.78 is 26.9. The molecule has 0 aliphatic heterocycles. The number of amides is 1. The molecule has 0 saturated heterocycles. The van der Waals surface area contributed by atoms with Crippen molar-refractivity contribution >= 4 is 21.7 Å². The first-order chi connectivity index (χ1) is 11.0. The molecule has 2 fully saturated rings. The lowest BCUT2D eigenvalue weighted by Gasteiger charge is -2.31. The van der Waals surface area contributed by atoms with Gasteiger partial charge in [-0.25, -0.2) is 12.7 Å². The lowest BCUT2D eigenvalue weighted by Crippen LogP contribution is -2.46. The van der Waals surface area contributed by atoms with Crippen LogP contribution in [0.4, 0.5) is 0 Å². The zero-order valence-corrected chi connectivity index (χ0v) is 16.4. The van der Waals surface area contributed by atoms with Gasteiger partial charge in [0.25, 0.3) is 0 Å². The summed E-state index contributed by atoms with van der Waals surface area (Å²) in [5, 5.41) is -0.405. The third-order valence-corrected chi connectivity index (χ3v) is 7.46. The van der Waals surface area contributed by atoms with Crippen molar-refractivity contribution in [3.8, 4) is 0 Å². The highest BCUT2D eigenvalue weighted by atomic mass is 32.2. The minimum atomic E-state index is -3.59. The number of carbonyl (C=O) groups excluding carboxylic acids is 2. The lowest BCUT2D eigenvalue weighted by molar-refractivity contribution is -0.130. The number of sulfonamides is 1. The standard InChI is InChI=1S/C18H31NO4S/c1-6-16(20)15-10-13(9-12(15)2)19(17(21)11-18(3,4)5)24(22,23)14-7-8-14/h12-15H,6-11H2,1-5H3/t12-,13+,15+/m1/s1. The average molecular weight is 358 g/mol. The molecule has 0 aromatic carbocycles. The van der Waals surface area contributed by atoms with E-state index < -0.39 is 15.3 Å². The summed E-state index contributed by atoms with van der Waals surface area (Å²) in [7, 11) is -3.59. The molecule has 0 aromatic heterocycles. The fourth-order valence-corrected chi connectivity index (χ4v) is 5.72. The van der Waals surface area contributed by atoms with Gasteiger partial charge in [0.15, 0.2) is 0 Å². The van der Waals surface area contributed by atoms with Gasteiger partial charge in [-0.2, -0.15) is 0 Å². The van der Waals surface area contributed by atoms with Gasteiger partial charge in [-0.3, -0.25) is 9.59 Å². The molecule has 6 heteroatoms. The number of Topliss-reactive ketones (excluding diaryl/α,β-unsaturated/α-hetero) is 1. The summed E-state index contributed by atoms with van der Waals surface area (Å²) in [5.74, 6) is -0.130. The molecule has 2 saturated carbocycles. The normalized spacial score (nSPS) is 28.0. The molecule has 0 radical (unpaired) electrons. The summed E-state index contributed by atoms with van der Waals surface area (Å²) in [6, 6.07) is -0.360. The Hall–Kier alpha value is -0.910. The van der Waals surface area contributed by atoms with E-state index in [2.05, 4.69) is 0 Å². The van der Waals surface area contributed by atoms with Crippen LogP contribution in [0.1, 0.15) is 73.1 Å². The summed E-state index contributed by atoms with van der Waals surface area (Å²) >= 11 is 0. The molecule has 138 valence electrons. The maximum Gasteiger partial charge on any atom is 0.240 e. The van der Waals surface area contributed by atoms with Crippen LogP contribution >= 0.6 is 0 Å². The van der Waals surface area contributed by atoms with Crippen LogP contribution in [0.5, 0.6) is 0 Å². The zero-order chi connectivity index (χ0) is 18.3. The summed E-state index contributed by atoms with van der Waals surface area (Å²) in [6.07, 6.45) is 3.03. The van der Waals surface area contributed by atoms with Gasteiger partial charge < -0.3 is 0 Å². The molecule has 2 aliphatic carbocycles. The maximum atomic E-state index is 12.9. The van der Waals surface area contributed by atoms with Gasteiger partial charge in [0.1, 0.15) is 5.78 Å². The first-order valence-electron chi connectivity index (χ1n) is 9.06. The maximum absolute atomic E-state index is 12.9. The molecule has 0 spiro atoms. The van der Waals surface area contributed by atoms with Gasteiger partial charge >= 0.3 is 0 Å². The molecule has 3 atom stereocenters. The Labute approximate surface area is 146 Å². The highest BCUT2D eigenvalue weighted by Gasteiger charge is 2.49. The zero-order valence-electron chi connectivity index (χ0n) is 15.5. The van der Waals surface area contributed by atoms with Crippen LogP contribution < -0.4 is 0 Å². The van der Waals surface area contributed by atoms with E-state index in [1.807, 2.05) is 34.6 Å². The van der Waals surface area contributed by atoms with E-state index in [1.54, 1.807) is 0 Å². The fraction of sp³-hybridized carbons (Fsp3) is 0.889. The van der Waals surface area contributed by atoms with E-state index in [1.165, 1.54) is 4.31 Å². The number of ketones is 1. The molecule has 24 heavy (non-hydrogen) atoms. The molecule has 2 aliphatic rings. The summed E-state index contributed by atoms with van der Waals surface area (Å²) in [5.41, 5.74) is -0.267. The first kappa shape index (κ1) is 19.4. The second kappa shape index (κ2) is 6.77. The van der Waals surface area contributed by atoms with Crippen molar-refractivity contribution in [1.82, 2.24) is 4.31 Å². The van der Waals surface area contributed by atoms with Crippen LogP contribution in [0.25, 0.3) is 0 Å². The Bertz CT molecular complexity index is 601. The molecular formula is C18H31NO4S. The van der Waals surface area contributed by atoms with Gasteiger partial charge in [0, 0.05) is 24.8 Å². The number of hydrogen-bond acceptors (Lipinski definition) is 4. The van der Waals surface area contributed by atoms with E-state index in [9.17, 15) is 18.0 Å². The fourth-order valence-electron chi connectivity index (χ4n) is 3.73. The SMILES string of the molecule is CCC(=O)[C@H]1C[C@@H](N(C(=O)CC(C)(C)C)S(=O)(=O)C2CC2)C[C@H]1C. The average Bonchev–Trinajstić information content (AvgIpc) is 3.21. The van der Waals surface area contributed by atoms with E-state index in [0.717, 1.165) is 0 Å². The van der Waals surface area contributed by atoms with Crippen LogP contribution in [-0.4, -0.2) is 35.7 Å². The van der Waals surface area contributed by atoms with Crippen molar-refractivity contribution in [3.05, 3.63) is 0 Å².